The summed E-state index contributed by atoms with van der Waals surface area (Å²) >= 11 is 1.50. The second-order valence-electron chi connectivity index (χ2n) is 7.19. The summed E-state index contributed by atoms with van der Waals surface area (Å²) in [7, 11) is 1.69. The molecule has 6 nitrogen and oxygen atoms in total. The number of aromatic nitrogens is 1. The molecule has 0 unspecified atom stereocenters. The van der Waals surface area contributed by atoms with E-state index in [9.17, 15) is 9.59 Å². The first kappa shape index (κ1) is 19.2. The van der Waals surface area contributed by atoms with Crippen molar-refractivity contribution in [2.75, 3.05) is 46.2 Å². The van der Waals surface area contributed by atoms with Gasteiger partial charge in [0.25, 0.3) is 5.91 Å². The van der Waals surface area contributed by atoms with Crippen LogP contribution in [-0.2, 0) is 9.53 Å². The summed E-state index contributed by atoms with van der Waals surface area (Å²) in [4.78, 5) is 33.4. The molecule has 7 heteroatoms. The van der Waals surface area contributed by atoms with Gasteiger partial charge in [0.15, 0.2) is 0 Å². The van der Waals surface area contributed by atoms with Crippen LogP contribution in [0.5, 0.6) is 0 Å². The average Bonchev–Trinajstić information content (AvgIpc) is 2.97. The zero-order chi connectivity index (χ0) is 18.6. The molecule has 2 aliphatic rings. The highest BCUT2D eigenvalue weighted by atomic mass is 32.2. The monoisotopic (exact) mass is 377 g/mol. The Morgan fingerprint density at radius 3 is 2.85 bits per heavy atom. The Morgan fingerprint density at radius 1 is 1.38 bits per heavy atom. The van der Waals surface area contributed by atoms with Crippen LogP contribution in [0.1, 0.15) is 36.0 Å². The first-order chi connectivity index (χ1) is 12.6. The molecule has 0 atom stereocenters. The van der Waals surface area contributed by atoms with Crippen molar-refractivity contribution in [1.82, 2.24) is 14.8 Å². The van der Waals surface area contributed by atoms with Crippen LogP contribution in [0.2, 0.25) is 0 Å². The Balaban J connectivity index is 1.59. The van der Waals surface area contributed by atoms with E-state index in [0.29, 0.717) is 31.7 Å². The molecule has 0 aromatic carbocycles. The number of likely N-dealkylation sites (tertiary alicyclic amines) is 2. The van der Waals surface area contributed by atoms with Gasteiger partial charge in [0, 0.05) is 57.9 Å². The predicted molar refractivity (Wildman–Crippen MR) is 101 cm³/mol. The molecule has 142 valence electrons. The first-order valence-corrected chi connectivity index (χ1v) is 10.4. The summed E-state index contributed by atoms with van der Waals surface area (Å²) in [6.07, 6.45) is 6.93. The number of methoxy groups -OCH3 is 1. The third-order valence-corrected chi connectivity index (χ3v) is 6.20. The minimum Gasteiger partial charge on any atom is -0.385 e. The van der Waals surface area contributed by atoms with Crippen LogP contribution in [0.25, 0.3) is 0 Å². The zero-order valence-electron chi connectivity index (χ0n) is 15.6. The van der Waals surface area contributed by atoms with E-state index in [1.54, 1.807) is 13.3 Å². The van der Waals surface area contributed by atoms with Crippen LogP contribution in [0.15, 0.2) is 23.4 Å². The molecule has 3 rings (SSSR count). The number of carbonyl (C=O) groups excluding carboxylic acids is 2. The van der Waals surface area contributed by atoms with Crippen molar-refractivity contribution in [3.63, 3.8) is 0 Å². The fourth-order valence-electron chi connectivity index (χ4n) is 3.99. The lowest BCUT2D eigenvalue weighted by Gasteiger charge is -2.39. The number of carbonyl (C=O) groups is 2. The van der Waals surface area contributed by atoms with E-state index >= 15 is 0 Å². The molecule has 0 radical (unpaired) electrons. The van der Waals surface area contributed by atoms with Crippen molar-refractivity contribution < 1.29 is 14.3 Å². The smallest absolute Gasteiger partial charge is 0.256 e. The molecule has 1 aromatic heterocycles. The van der Waals surface area contributed by atoms with Crippen molar-refractivity contribution in [2.45, 2.75) is 30.7 Å². The molecule has 2 aliphatic heterocycles. The van der Waals surface area contributed by atoms with Gasteiger partial charge in [0.1, 0.15) is 5.03 Å². The highest BCUT2D eigenvalue weighted by molar-refractivity contribution is 7.98. The second-order valence-corrected chi connectivity index (χ2v) is 7.99. The maximum atomic E-state index is 12.9. The highest BCUT2D eigenvalue weighted by Gasteiger charge is 2.45. The van der Waals surface area contributed by atoms with Crippen LogP contribution in [0, 0.1) is 5.41 Å². The van der Waals surface area contributed by atoms with E-state index in [0.717, 1.165) is 37.4 Å². The number of hydrogen-bond donors (Lipinski definition) is 0. The molecule has 1 spiro atoms. The number of hydrogen-bond acceptors (Lipinski definition) is 5. The quantitative estimate of drug-likeness (QED) is 0.562. The van der Waals surface area contributed by atoms with Crippen molar-refractivity contribution in [3.8, 4) is 0 Å². The molecule has 0 N–H and O–H groups in total. The Labute approximate surface area is 159 Å². The molecule has 2 saturated heterocycles. The number of ether oxygens (including phenoxy) is 1. The first-order valence-electron chi connectivity index (χ1n) is 9.13. The number of rotatable bonds is 6. The molecule has 3 heterocycles. The van der Waals surface area contributed by atoms with Crippen molar-refractivity contribution in [2.24, 2.45) is 5.41 Å². The molecule has 2 amide bonds. The summed E-state index contributed by atoms with van der Waals surface area (Å²) in [6.45, 7) is 3.69. The lowest BCUT2D eigenvalue weighted by atomic mass is 9.77. The van der Waals surface area contributed by atoms with E-state index in [1.807, 2.05) is 28.2 Å². The van der Waals surface area contributed by atoms with Crippen LogP contribution >= 0.6 is 11.8 Å². The average molecular weight is 378 g/mol. The summed E-state index contributed by atoms with van der Waals surface area (Å²) < 4.78 is 5.09. The number of thioether (sulfide) groups is 1. The molecule has 2 fully saturated rings. The van der Waals surface area contributed by atoms with Crippen LogP contribution < -0.4 is 0 Å². The van der Waals surface area contributed by atoms with E-state index in [-0.39, 0.29) is 17.2 Å². The number of piperidine rings is 1. The largest absolute Gasteiger partial charge is 0.385 e. The third-order valence-electron chi connectivity index (χ3n) is 5.49. The Bertz CT molecular complexity index is 659. The summed E-state index contributed by atoms with van der Waals surface area (Å²) in [6, 6.07) is 3.66. The van der Waals surface area contributed by atoms with Crippen LogP contribution in [-0.4, -0.2) is 72.7 Å². The van der Waals surface area contributed by atoms with E-state index in [2.05, 4.69) is 4.98 Å². The molecular formula is C19H27N3O3S. The van der Waals surface area contributed by atoms with Crippen LogP contribution in [0.4, 0.5) is 0 Å². The number of nitrogens with zero attached hydrogens (tertiary/aromatic N) is 3. The van der Waals surface area contributed by atoms with Gasteiger partial charge in [-0.05, 0) is 37.7 Å². The molecule has 0 saturated carbocycles. The van der Waals surface area contributed by atoms with Gasteiger partial charge in [-0.2, -0.15) is 0 Å². The molecule has 0 aliphatic carbocycles. The van der Waals surface area contributed by atoms with Crippen molar-refractivity contribution >= 4 is 23.6 Å². The van der Waals surface area contributed by atoms with Gasteiger partial charge in [0.05, 0.1) is 5.56 Å². The minimum atomic E-state index is 0.0399. The van der Waals surface area contributed by atoms with Gasteiger partial charge in [-0.3, -0.25) is 9.59 Å². The summed E-state index contributed by atoms with van der Waals surface area (Å²) in [5, 5.41) is 0.776. The minimum absolute atomic E-state index is 0.0399. The Kier molecular flexibility index (Phi) is 6.19. The topological polar surface area (TPSA) is 62.7 Å². The molecule has 1 aromatic rings. The van der Waals surface area contributed by atoms with E-state index in [4.69, 9.17) is 4.74 Å². The third kappa shape index (κ3) is 4.04. The summed E-state index contributed by atoms with van der Waals surface area (Å²) in [5.41, 5.74) is 0.720. The predicted octanol–water partition coefficient (Wildman–Crippen LogP) is 2.29. The highest BCUT2D eigenvalue weighted by Crippen LogP contribution is 2.41. The van der Waals surface area contributed by atoms with Gasteiger partial charge in [-0.1, -0.05) is 0 Å². The Morgan fingerprint density at radius 2 is 2.15 bits per heavy atom. The Hall–Kier alpha value is -1.60. The van der Waals surface area contributed by atoms with Gasteiger partial charge in [0.2, 0.25) is 5.91 Å². The fourth-order valence-corrected chi connectivity index (χ4v) is 4.53. The lowest BCUT2D eigenvalue weighted by Crippen LogP contribution is -2.44. The fraction of sp³-hybridized carbons (Fsp3) is 0.632. The van der Waals surface area contributed by atoms with E-state index < -0.39 is 0 Å². The van der Waals surface area contributed by atoms with Gasteiger partial charge < -0.3 is 14.5 Å². The lowest BCUT2D eigenvalue weighted by molar-refractivity contribution is -0.128. The SMILES string of the molecule is COCCCN1CC2(CCN(C(=O)c3cccnc3SC)CC2)CC1=O. The van der Waals surface area contributed by atoms with E-state index in [1.165, 1.54) is 11.8 Å². The second kappa shape index (κ2) is 8.39. The van der Waals surface area contributed by atoms with Crippen molar-refractivity contribution in [3.05, 3.63) is 23.9 Å². The standard InChI is InChI=1S/C19H27N3O3S/c1-25-12-4-9-22-14-19(13-16(22)23)6-10-21(11-7-19)18(24)15-5-3-8-20-17(15)26-2/h3,5,8H,4,6-7,9-14H2,1-2H3. The molecule has 0 bridgehead atoms. The number of pyridine rings is 1. The van der Waals surface area contributed by atoms with Crippen LogP contribution in [0.3, 0.4) is 0 Å². The number of amides is 2. The summed E-state index contributed by atoms with van der Waals surface area (Å²) in [5.74, 6) is 0.302. The van der Waals surface area contributed by atoms with Gasteiger partial charge in [-0.15, -0.1) is 11.8 Å². The maximum absolute atomic E-state index is 12.9. The van der Waals surface area contributed by atoms with Crippen molar-refractivity contribution in [1.29, 1.82) is 0 Å². The normalized spacial score (nSPS) is 19.4. The molecular weight excluding hydrogens is 350 g/mol. The maximum Gasteiger partial charge on any atom is 0.256 e. The molecule has 26 heavy (non-hydrogen) atoms. The van der Waals surface area contributed by atoms with Gasteiger partial charge in [-0.25, -0.2) is 4.98 Å². The zero-order valence-corrected chi connectivity index (χ0v) is 16.4. The van der Waals surface area contributed by atoms with Gasteiger partial charge >= 0.3 is 0 Å².